The number of carboxylic acids is 1. The van der Waals surface area contributed by atoms with Crippen molar-refractivity contribution in [2.24, 2.45) is 0 Å². The van der Waals surface area contributed by atoms with Crippen LogP contribution in [-0.2, 0) is 24.3 Å². The number of hydrogen-bond acceptors (Lipinski definition) is 5. The molecule has 0 amide bonds. The number of carbonyl (C=O) groups excluding carboxylic acids is 1. The molecule has 0 bridgehead atoms. The van der Waals surface area contributed by atoms with Crippen LogP contribution in [0.3, 0.4) is 0 Å². The number of halogens is 1. The van der Waals surface area contributed by atoms with Crippen LogP contribution < -0.4 is 4.72 Å². The number of carbonyl (C=O) groups is 2. The van der Waals surface area contributed by atoms with Gasteiger partial charge < -0.3 is 9.84 Å². The van der Waals surface area contributed by atoms with Crippen LogP contribution in [0.5, 0.6) is 0 Å². The Labute approximate surface area is 193 Å². The fourth-order valence-corrected chi connectivity index (χ4v) is 4.57. The van der Waals surface area contributed by atoms with Crippen molar-refractivity contribution in [1.82, 2.24) is 4.72 Å². The molecule has 32 heavy (non-hydrogen) atoms. The minimum atomic E-state index is -3.76. The summed E-state index contributed by atoms with van der Waals surface area (Å²) in [6.45, 7) is 6.90. The third-order valence-corrected chi connectivity index (χ3v) is 6.20. The van der Waals surface area contributed by atoms with Crippen molar-refractivity contribution in [1.29, 1.82) is 0 Å². The zero-order valence-corrected chi connectivity index (χ0v) is 19.9. The lowest BCUT2D eigenvalue weighted by molar-refractivity contribution is -0.142. The number of esters is 1. The molecule has 2 aromatic rings. The van der Waals surface area contributed by atoms with Gasteiger partial charge in [-0.25, -0.2) is 17.9 Å². The van der Waals surface area contributed by atoms with E-state index < -0.39 is 33.9 Å². The summed E-state index contributed by atoms with van der Waals surface area (Å²) in [6, 6.07) is 12.4. The molecule has 0 atom stereocenters. The molecular weight excluding hydrogens is 454 g/mol. The number of nitrogens with one attached hydrogen (secondary N) is 1. The van der Waals surface area contributed by atoms with Crippen molar-refractivity contribution in [3.63, 3.8) is 0 Å². The van der Waals surface area contributed by atoms with Crippen molar-refractivity contribution < 1.29 is 27.9 Å². The molecule has 0 aliphatic carbocycles. The predicted octanol–water partition coefficient (Wildman–Crippen LogP) is 4.26. The van der Waals surface area contributed by atoms with Gasteiger partial charge in [-0.3, -0.25) is 4.79 Å². The smallest absolute Gasteiger partial charge is 0.335 e. The highest BCUT2D eigenvalue weighted by Gasteiger charge is 2.24. The molecule has 0 aliphatic rings. The van der Waals surface area contributed by atoms with E-state index in [1.807, 2.05) is 0 Å². The van der Waals surface area contributed by atoms with Gasteiger partial charge in [-0.05, 0) is 68.7 Å². The molecule has 0 fully saturated rings. The highest BCUT2D eigenvalue weighted by Crippen LogP contribution is 2.31. The average Bonchev–Trinajstić information content (AvgIpc) is 2.67. The molecule has 2 aromatic carbocycles. The first-order valence-corrected chi connectivity index (χ1v) is 11.7. The predicted molar refractivity (Wildman–Crippen MR) is 123 cm³/mol. The summed E-state index contributed by atoms with van der Waals surface area (Å²) in [6.07, 6.45) is -0.567. The Hall–Kier alpha value is -2.68. The highest BCUT2D eigenvalue weighted by atomic mass is 35.5. The maximum Gasteiger partial charge on any atom is 0.335 e. The number of rotatable bonds is 8. The Bertz CT molecular complexity index is 1110. The van der Waals surface area contributed by atoms with E-state index in [0.717, 1.165) is 0 Å². The number of aliphatic carboxylic acids is 1. The number of hydrogen-bond donors (Lipinski definition) is 2. The SMILES string of the molecule is CCOC(=O)C(CC(=O)O)=C(c1ccc(Cl)cc1)c1ccc(S(=O)(=O)NC(C)(C)C)cc1. The van der Waals surface area contributed by atoms with E-state index >= 15 is 0 Å². The third-order valence-electron chi connectivity index (χ3n) is 4.18. The second kappa shape index (κ2) is 10.3. The summed E-state index contributed by atoms with van der Waals surface area (Å²) in [4.78, 5) is 24.2. The second-order valence-corrected chi connectivity index (χ2v) is 10.2. The lowest BCUT2D eigenvalue weighted by atomic mass is 9.91. The minimum absolute atomic E-state index is 0.0440. The van der Waals surface area contributed by atoms with Gasteiger partial charge in [-0.2, -0.15) is 0 Å². The molecule has 0 radical (unpaired) electrons. The molecule has 9 heteroatoms. The molecule has 0 heterocycles. The van der Waals surface area contributed by atoms with Gasteiger partial charge in [0.1, 0.15) is 0 Å². The summed E-state index contributed by atoms with van der Waals surface area (Å²) in [5.74, 6) is -1.96. The van der Waals surface area contributed by atoms with Gasteiger partial charge in [0.15, 0.2) is 0 Å². The quantitative estimate of drug-likeness (QED) is 0.432. The van der Waals surface area contributed by atoms with Crippen LogP contribution in [-0.4, -0.2) is 37.6 Å². The average molecular weight is 480 g/mol. The normalized spacial score (nSPS) is 12.8. The molecule has 0 spiro atoms. The van der Waals surface area contributed by atoms with Crippen LogP contribution in [0.2, 0.25) is 5.02 Å². The largest absolute Gasteiger partial charge is 0.481 e. The Morgan fingerprint density at radius 2 is 1.50 bits per heavy atom. The van der Waals surface area contributed by atoms with Crippen LogP contribution in [0.25, 0.3) is 5.57 Å². The zero-order chi connectivity index (χ0) is 24.1. The van der Waals surface area contributed by atoms with Crippen LogP contribution in [0.15, 0.2) is 59.0 Å². The van der Waals surface area contributed by atoms with E-state index in [-0.39, 0.29) is 17.1 Å². The van der Waals surface area contributed by atoms with Gasteiger partial charge >= 0.3 is 11.9 Å². The molecular formula is C23H26ClNO6S. The fourth-order valence-electron chi connectivity index (χ4n) is 3.03. The first-order valence-electron chi connectivity index (χ1n) is 9.86. The van der Waals surface area contributed by atoms with E-state index in [0.29, 0.717) is 21.7 Å². The van der Waals surface area contributed by atoms with E-state index in [2.05, 4.69) is 4.72 Å². The topological polar surface area (TPSA) is 110 Å². The van der Waals surface area contributed by atoms with Crippen molar-refractivity contribution in [3.8, 4) is 0 Å². The number of carboxylic acid groups (broad SMARTS) is 1. The van der Waals surface area contributed by atoms with Gasteiger partial charge in [0.05, 0.1) is 23.5 Å². The molecule has 0 saturated carbocycles. The zero-order valence-electron chi connectivity index (χ0n) is 18.3. The lowest BCUT2D eigenvalue weighted by Gasteiger charge is -2.20. The van der Waals surface area contributed by atoms with Crippen molar-refractivity contribution in [2.75, 3.05) is 6.61 Å². The van der Waals surface area contributed by atoms with Crippen molar-refractivity contribution in [3.05, 3.63) is 70.3 Å². The molecule has 0 unspecified atom stereocenters. The van der Waals surface area contributed by atoms with E-state index in [1.54, 1.807) is 52.0 Å². The number of benzene rings is 2. The molecule has 0 aromatic heterocycles. The maximum absolute atomic E-state index is 12.6. The summed E-state index contributed by atoms with van der Waals surface area (Å²) < 4.78 is 32.9. The van der Waals surface area contributed by atoms with Gasteiger partial charge in [0, 0.05) is 10.6 Å². The van der Waals surface area contributed by atoms with E-state index in [9.17, 15) is 23.1 Å². The van der Waals surface area contributed by atoms with E-state index in [4.69, 9.17) is 16.3 Å². The summed E-state index contributed by atoms with van der Waals surface area (Å²) in [5.41, 5.74) is 0.624. The van der Waals surface area contributed by atoms with Crippen molar-refractivity contribution in [2.45, 2.75) is 44.6 Å². The van der Waals surface area contributed by atoms with Gasteiger partial charge in [0.25, 0.3) is 0 Å². The van der Waals surface area contributed by atoms with Crippen LogP contribution in [0, 0.1) is 0 Å². The first-order chi connectivity index (χ1) is 14.8. The summed E-state index contributed by atoms with van der Waals surface area (Å²) in [7, 11) is -3.76. The second-order valence-electron chi connectivity index (χ2n) is 8.03. The fraction of sp³-hybridized carbons (Fsp3) is 0.304. The summed E-state index contributed by atoms with van der Waals surface area (Å²) in [5, 5.41) is 9.87. The van der Waals surface area contributed by atoms with Crippen LogP contribution in [0.1, 0.15) is 45.2 Å². The highest BCUT2D eigenvalue weighted by molar-refractivity contribution is 7.89. The van der Waals surface area contributed by atoms with Crippen molar-refractivity contribution >= 4 is 39.1 Å². The molecule has 0 aliphatic heterocycles. The lowest BCUT2D eigenvalue weighted by Crippen LogP contribution is -2.40. The molecule has 2 rings (SSSR count). The third kappa shape index (κ3) is 6.91. The standard InChI is InChI=1S/C23H26ClNO6S/c1-5-31-22(28)19(14-20(26)27)21(15-6-10-17(24)11-7-15)16-8-12-18(13-9-16)32(29,30)25-23(2,3)4/h6-13,25H,5,14H2,1-4H3,(H,26,27). The maximum atomic E-state index is 12.6. The molecule has 7 nitrogen and oxygen atoms in total. The van der Waals surface area contributed by atoms with Crippen LogP contribution >= 0.6 is 11.6 Å². The first kappa shape index (κ1) is 25.6. The summed E-state index contributed by atoms with van der Waals surface area (Å²) >= 11 is 5.99. The van der Waals surface area contributed by atoms with E-state index in [1.165, 1.54) is 24.3 Å². The molecule has 2 N–H and O–H groups in total. The van der Waals surface area contributed by atoms with Gasteiger partial charge in [-0.15, -0.1) is 0 Å². The minimum Gasteiger partial charge on any atom is -0.481 e. The Morgan fingerprint density at radius 3 is 1.94 bits per heavy atom. The van der Waals surface area contributed by atoms with Crippen LogP contribution in [0.4, 0.5) is 0 Å². The Balaban J connectivity index is 2.68. The Kier molecular flexibility index (Phi) is 8.23. The van der Waals surface area contributed by atoms with Gasteiger partial charge in [-0.1, -0.05) is 35.9 Å². The van der Waals surface area contributed by atoms with Gasteiger partial charge in [0.2, 0.25) is 10.0 Å². The Morgan fingerprint density at radius 1 is 1.00 bits per heavy atom. The molecule has 0 saturated heterocycles. The number of sulfonamides is 1. The number of ether oxygens (including phenoxy) is 1. The monoisotopic (exact) mass is 479 g/mol. The molecule has 172 valence electrons.